The summed E-state index contributed by atoms with van der Waals surface area (Å²) in [6, 6.07) is 2.93. The van der Waals surface area contributed by atoms with Crippen LogP contribution in [0.15, 0.2) is 23.2 Å². The van der Waals surface area contributed by atoms with Gasteiger partial charge in [0.05, 0.1) is 18.4 Å². The van der Waals surface area contributed by atoms with Gasteiger partial charge in [0.25, 0.3) is 0 Å². The average molecular weight is 325 g/mol. The summed E-state index contributed by atoms with van der Waals surface area (Å²) < 4.78 is 30.1. The van der Waals surface area contributed by atoms with E-state index in [1.165, 1.54) is 18.3 Å². The Morgan fingerprint density at radius 2 is 2.18 bits per heavy atom. The predicted molar refractivity (Wildman–Crippen MR) is 82.1 cm³/mol. The predicted octanol–water partition coefficient (Wildman–Crippen LogP) is 0.646. The smallest absolute Gasteiger partial charge is 0.241 e. The molecule has 0 spiro atoms. The molecule has 2 aromatic rings. The lowest BCUT2D eigenvalue weighted by atomic mass is 10.2. The van der Waals surface area contributed by atoms with Crippen LogP contribution in [0.2, 0.25) is 0 Å². The van der Waals surface area contributed by atoms with Crippen molar-refractivity contribution < 1.29 is 13.2 Å². The quantitative estimate of drug-likeness (QED) is 0.806. The zero-order valence-corrected chi connectivity index (χ0v) is 13.5. The Labute approximate surface area is 129 Å². The Morgan fingerprint density at radius 1 is 1.45 bits per heavy atom. The lowest BCUT2D eigenvalue weighted by Crippen LogP contribution is -2.16. The highest BCUT2D eigenvalue weighted by molar-refractivity contribution is 7.89. The Morgan fingerprint density at radius 3 is 2.77 bits per heavy atom. The summed E-state index contributed by atoms with van der Waals surface area (Å²) in [6.45, 7) is 2.32. The van der Waals surface area contributed by atoms with Crippen LogP contribution in [0.5, 0.6) is 5.88 Å². The maximum atomic E-state index is 11.6. The number of primary sulfonamides is 1. The molecule has 0 unspecified atom stereocenters. The number of nitrogens with two attached hydrogens (primary N) is 1. The van der Waals surface area contributed by atoms with Crippen LogP contribution in [-0.4, -0.2) is 30.3 Å². The molecular formula is C13H19N5O3S. The van der Waals surface area contributed by atoms with Crippen LogP contribution >= 0.6 is 0 Å². The molecule has 0 saturated heterocycles. The fourth-order valence-corrected chi connectivity index (χ4v) is 2.91. The third-order valence-electron chi connectivity index (χ3n) is 3.21. The number of aryl methyl sites for hydroxylation is 2. The fourth-order valence-electron chi connectivity index (χ4n) is 2.25. The number of rotatable bonds is 6. The first-order chi connectivity index (χ1) is 10.4. The summed E-state index contributed by atoms with van der Waals surface area (Å²) in [5, 5.41) is 12.6. The molecule has 120 valence electrons. The van der Waals surface area contributed by atoms with E-state index in [-0.39, 0.29) is 10.7 Å². The molecule has 0 fully saturated rings. The zero-order valence-electron chi connectivity index (χ0n) is 12.7. The average Bonchev–Trinajstić information content (AvgIpc) is 2.79. The highest BCUT2D eigenvalue weighted by Gasteiger charge is 2.18. The van der Waals surface area contributed by atoms with Gasteiger partial charge in [-0.05, 0) is 18.6 Å². The minimum absolute atomic E-state index is 0.0455. The number of nitrogens with zero attached hydrogens (tertiary/aromatic N) is 3. The van der Waals surface area contributed by atoms with Crippen molar-refractivity contribution in [2.24, 2.45) is 12.2 Å². The van der Waals surface area contributed by atoms with E-state index in [2.05, 4.69) is 15.4 Å². The molecule has 0 aliphatic rings. The summed E-state index contributed by atoms with van der Waals surface area (Å²) >= 11 is 0. The second-order valence-corrected chi connectivity index (χ2v) is 6.19. The van der Waals surface area contributed by atoms with Gasteiger partial charge in [-0.3, -0.25) is 0 Å². The van der Waals surface area contributed by atoms with Crippen molar-refractivity contribution in [3.05, 3.63) is 29.6 Å². The van der Waals surface area contributed by atoms with Crippen LogP contribution in [0.4, 0.5) is 5.82 Å². The van der Waals surface area contributed by atoms with Crippen molar-refractivity contribution in [2.75, 3.05) is 12.4 Å². The second-order valence-electron chi connectivity index (χ2n) is 4.66. The number of sulfonamides is 1. The molecule has 3 N–H and O–H groups in total. The molecule has 0 bridgehead atoms. The van der Waals surface area contributed by atoms with E-state index in [1.807, 2.05) is 6.92 Å². The van der Waals surface area contributed by atoms with Gasteiger partial charge in [0, 0.05) is 19.8 Å². The van der Waals surface area contributed by atoms with Gasteiger partial charge in [0.1, 0.15) is 10.7 Å². The standard InChI is InChI=1S/C13H19N5O3S/c1-4-10-9(13(21-3)18(2)17-10)8-16-12-11(22(14,19)20)6-5-7-15-12/h5-7H,4,8H2,1-3H3,(H,15,16)(H2,14,19,20). The molecule has 0 aromatic carbocycles. The second kappa shape index (κ2) is 6.32. The minimum atomic E-state index is -3.84. The number of nitrogens with one attached hydrogen (secondary N) is 1. The number of anilines is 1. The number of hydrogen-bond acceptors (Lipinski definition) is 6. The normalized spacial score (nSPS) is 11.5. The van der Waals surface area contributed by atoms with Crippen LogP contribution in [-0.2, 0) is 30.0 Å². The van der Waals surface area contributed by atoms with Crippen LogP contribution in [0.1, 0.15) is 18.2 Å². The SMILES string of the molecule is CCc1nn(C)c(OC)c1CNc1ncccc1S(N)(=O)=O. The monoisotopic (exact) mass is 325 g/mol. The molecule has 2 rings (SSSR count). The number of ether oxygens (including phenoxy) is 1. The first-order valence-corrected chi connectivity index (χ1v) is 8.23. The van der Waals surface area contributed by atoms with Crippen molar-refractivity contribution >= 4 is 15.8 Å². The van der Waals surface area contributed by atoms with E-state index in [1.54, 1.807) is 18.8 Å². The summed E-state index contributed by atoms with van der Waals surface area (Å²) in [6.07, 6.45) is 2.23. The third-order valence-corrected chi connectivity index (χ3v) is 4.15. The van der Waals surface area contributed by atoms with E-state index < -0.39 is 10.0 Å². The molecule has 0 aliphatic heterocycles. The molecule has 0 amide bonds. The van der Waals surface area contributed by atoms with Crippen molar-refractivity contribution in [1.82, 2.24) is 14.8 Å². The topological polar surface area (TPSA) is 112 Å². The van der Waals surface area contributed by atoms with Crippen molar-refractivity contribution in [3.8, 4) is 5.88 Å². The minimum Gasteiger partial charge on any atom is -0.481 e. The molecule has 0 radical (unpaired) electrons. The molecule has 0 atom stereocenters. The van der Waals surface area contributed by atoms with Crippen molar-refractivity contribution in [1.29, 1.82) is 0 Å². The van der Waals surface area contributed by atoms with Crippen LogP contribution < -0.4 is 15.2 Å². The van der Waals surface area contributed by atoms with Gasteiger partial charge in [0.2, 0.25) is 15.9 Å². The lowest BCUT2D eigenvalue weighted by Gasteiger charge is -2.10. The molecule has 8 nitrogen and oxygen atoms in total. The van der Waals surface area contributed by atoms with E-state index in [0.29, 0.717) is 12.4 Å². The highest BCUT2D eigenvalue weighted by Crippen LogP contribution is 2.24. The van der Waals surface area contributed by atoms with Gasteiger partial charge in [-0.2, -0.15) is 5.10 Å². The number of pyridine rings is 1. The maximum absolute atomic E-state index is 11.6. The van der Waals surface area contributed by atoms with E-state index in [0.717, 1.165) is 17.7 Å². The third kappa shape index (κ3) is 3.20. The Kier molecular flexibility index (Phi) is 4.67. The summed E-state index contributed by atoms with van der Waals surface area (Å²) in [5.74, 6) is 0.829. The molecule has 9 heteroatoms. The summed E-state index contributed by atoms with van der Waals surface area (Å²) in [5.41, 5.74) is 1.73. The van der Waals surface area contributed by atoms with Gasteiger partial charge >= 0.3 is 0 Å². The van der Waals surface area contributed by atoms with Crippen LogP contribution in [0.25, 0.3) is 0 Å². The number of hydrogen-bond donors (Lipinski definition) is 2. The Bertz CT molecular complexity index is 770. The molecule has 22 heavy (non-hydrogen) atoms. The fraction of sp³-hybridized carbons (Fsp3) is 0.385. The van der Waals surface area contributed by atoms with Crippen molar-refractivity contribution in [3.63, 3.8) is 0 Å². The molecular weight excluding hydrogens is 306 g/mol. The molecule has 0 aliphatic carbocycles. The van der Waals surface area contributed by atoms with Gasteiger partial charge in [-0.25, -0.2) is 23.2 Å². The Balaban J connectivity index is 2.32. The van der Waals surface area contributed by atoms with E-state index in [9.17, 15) is 8.42 Å². The summed E-state index contributed by atoms with van der Waals surface area (Å²) in [7, 11) is -0.485. The molecule has 2 heterocycles. The van der Waals surface area contributed by atoms with Gasteiger partial charge in [0.15, 0.2) is 0 Å². The van der Waals surface area contributed by atoms with E-state index in [4.69, 9.17) is 9.88 Å². The zero-order chi connectivity index (χ0) is 16.3. The van der Waals surface area contributed by atoms with Gasteiger partial charge in [-0.15, -0.1) is 0 Å². The van der Waals surface area contributed by atoms with Gasteiger partial charge in [-0.1, -0.05) is 6.92 Å². The number of aromatic nitrogens is 3. The number of methoxy groups -OCH3 is 1. The highest BCUT2D eigenvalue weighted by atomic mass is 32.2. The Hall–Kier alpha value is -2.13. The maximum Gasteiger partial charge on any atom is 0.241 e. The lowest BCUT2D eigenvalue weighted by molar-refractivity contribution is 0.369. The van der Waals surface area contributed by atoms with Gasteiger partial charge < -0.3 is 10.1 Å². The first-order valence-electron chi connectivity index (χ1n) is 6.68. The van der Waals surface area contributed by atoms with Crippen LogP contribution in [0.3, 0.4) is 0 Å². The van der Waals surface area contributed by atoms with Crippen LogP contribution in [0, 0.1) is 0 Å². The largest absolute Gasteiger partial charge is 0.481 e. The molecule has 0 saturated carbocycles. The van der Waals surface area contributed by atoms with E-state index >= 15 is 0 Å². The molecule has 2 aromatic heterocycles. The first kappa shape index (κ1) is 16.2. The van der Waals surface area contributed by atoms with Crippen molar-refractivity contribution in [2.45, 2.75) is 24.8 Å². The summed E-state index contributed by atoms with van der Waals surface area (Å²) in [4.78, 5) is 3.99.